The van der Waals surface area contributed by atoms with E-state index in [2.05, 4.69) is 34.5 Å². The van der Waals surface area contributed by atoms with Gasteiger partial charge in [-0.2, -0.15) is 0 Å². The van der Waals surface area contributed by atoms with Crippen molar-refractivity contribution in [2.75, 3.05) is 13.1 Å². The van der Waals surface area contributed by atoms with Crippen LogP contribution in [0.25, 0.3) is 0 Å². The first-order valence-electron chi connectivity index (χ1n) is 11.8. The smallest absolute Gasteiger partial charge is 0.315 e. The second-order valence-corrected chi connectivity index (χ2v) is 8.98. The molecule has 3 aromatic carbocycles. The number of nitrogens with zero attached hydrogens (tertiary/aromatic N) is 1. The van der Waals surface area contributed by atoms with Gasteiger partial charge in [0.2, 0.25) is 0 Å². The second-order valence-electron chi connectivity index (χ2n) is 8.98. The molecule has 2 heterocycles. The first-order valence-corrected chi connectivity index (χ1v) is 11.8. The van der Waals surface area contributed by atoms with Crippen molar-refractivity contribution in [1.82, 2.24) is 10.2 Å². The van der Waals surface area contributed by atoms with Gasteiger partial charge in [0.05, 0.1) is 0 Å². The van der Waals surface area contributed by atoms with Gasteiger partial charge in [0.1, 0.15) is 17.4 Å². The fourth-order valence-electron chi connectivity index (χ4n) is 5.00. The van der Waals surface area contributed by atoms with Crippen molar-refractivity contribution < 1.29 is 19.4 Å². The minimum atomic E-state index is -0.965. The molecule has 2 aliphatic rings. The summed E-state index contributed by atoms with van der Waals surface area (Å²) in [5, 5.41) is 13.0. The lowest BCUT2D eigenvalue weighted by Crippen LogP contribution is -2.46. The number of rotatable bonds is 6. The van der Waals surface area contributed by atoms with Crippen LogP contribution in [0.2, 0.25) is 0 Å². The van der Waals surface area contributed by atoms with Gasteiger partial charge in [-0.1, -0.05) is 55.0 Å². The maximum Gasteiger partial charge on any atom is 0.315 e. The molecule has 2 atom stereocenters. The van der Waals surface area contributed by atoms with E-state index in [1.165, 1.54) is 12.0 Å². The minimum absolute atomic E-state index is 0.198. The van der Waals surface area contributed by atoms with E-state index in [0.29, 0.717) is 34.7 Å². The van der Waals surface area contributed by atoms with E-state index in [1.54, 1.807) is 36.4 Å². The van der Waals surface area contributed by atoms with Gasteiger partial charge in [-0.3, -0.25) is 14.5 Å². The summed E-state index contributed by atoms with van der Waals surface area (Å²) < 4.78 is 5.92. The summed E-state index contributed by atoms with van der Waals surface area (Å²) >= 11 is 0. The van der Waals surface area contributed by atoms with Crippen LogP contribution >= 0.6 is 0 Å². The van der Waals surface area contributed by atoms with Gasteiger partial charge in [-0.15, -0.1) is 0 Å². The number of carboxylic acids is 1. The summed E-state index contributed by atoms with van der Waals surface area (Å²) in [7, 11) is 0. The van der Waals surface area contributed by atoms with Crippen LogP contribution in [0, 0.1) is 0 Å². The summed E-state index contributed by atoms with van der Waals surface area (Å²) in [6.07, 6.45) is 3.37. The van der Waals surface area contributed by atoms with Crippen LogP contribution in [0.1, 0.15) is 52.2 Å². The average Bonchev–Trinajstić information content (AvgIpc) is 2.86. The number of hydrogen-bond donors (Lipinski definition) is 2. The Morgan fingerprint density at radius 3 is 2.53 bits per heavy atom. The topological polar surface area (TPSA) is 78.9 Å². The molecule has 5 rings (SSSR count). The van der Waals surface area contributed by atoms with Crippen molar-refractivity contribution in [2.24, 2.45) is 0 Å². The number of carbonyl (C=O) groups excluding carboxylic acids is 1. The monoisotopic (exact) mass is 456 g/mol. The highest BCUT2D eigenvalue weighted by molar-refractivity contribution is 5.95. The molecule has 6 heteroatoms. The molecule has 0 aromatic heterocycles. The van der Waals surface area contributed by atoms with E-state index < -0.39 is 11.9 Å². The zero-order valence-electron chi connectivity index (χ0n) is 18.9. The Bertz CT molecular complexity index is 1190. The number of hydrogen-bond acceptors (Lipinski definition) is 4. The molecular formula is C28H28N2O4. The molecule has 34 heavy (non-hydrogen) atoms. The lowest BCUT2D eigenvalue weighted by molar-refractivity contribution is -0.137. The van der Waals surface area contributed by atoms with Gasteiger partial charge < -0.3 is 15.2 Å². The summed E-state index contributed by atoms with van der Waals surface area (Å²) in [5.41, 5.74) is 2.81. The van der Waals surface area contributed by atoms with E-state index in [1.807, 2.05) is 12.1 Å². The van der Waals surface area contributed by atoms with E-state index in [0.717, 1.165) is 25.9 Å². The van der Waals surface area contributed by atoms with E-state index in [4.69, 9.17) is 4.74 Å². The first kappa shape index (κ1) is 22.2. The number of para-hydroxylation sites is 1. The third kappa shape index (κ3) is 4.54. The van der Waals surface area contributed by atoms with Crippen molar-refractivity contribution >= 4 is 11.9 Å². The molecule has 0 spiro atoms. The molecule has 0 bridgehead atoms. The van der Waals surface area contributed by atoms with Gasteiger partial charge in [-0.05, 0) is 49.2 Å². The number of carboxylic acid groups (broad SMARTS) is 1. The Morgan fingerprint density at radius 1 is 0.941 bits per heavy atom. The largest absolute Gasteiger partial charge is 0.481 e. The molecule has 174 valence electrons. The molecule has 0 aliphatic carbocycles. The van der Waals surface area contributed by atoms with Crippen LogP contribution in [-0.4, -0.2) is 41.0 Å². The lowest BCUT2D eigenvalue weighted by Gasteiger charge is -2.36. The minimum Gasteiger partial charge on any atom is -0.481 e. The highest BCUT2D eigenvalue weighted by atomic mass is 16.5. The third-order valence-electron chi connectivity index (χ3n) is 6.76. The van der Waals surface area contributed by atoms with Crippen LogP contribution in [0.3, 0.4) is 0 Å². The predicted octanol–water partition coefficient (Wildman–Crippen LogP) is 4.79. The van der Waals surface area contributed by atoms with Gasteiger partial charge >= 0.3 is 5.97 Å². The first-order chi connectivity index (χ1) is 16.6. The predicted molar refractivity (Wildman–Crippen MR) is 129 cm³/mol. The Labute approximate surface area is 199 Å². The molecule has 2 unspecified atom stereocenters. The number of piperidine rings is 1. The van der Waals surface area contributed by atoms with Crippen molar-refractivity contribution in [3.8, 4) is 11.5 Å². The quantitative estimate of drug-likeness (QED) is 0.557. The fraction of sp³-hybridized carbons (Fsp3) is 0.286. The normalized spacial score (nSPS) is 19.4. The van der Waals surface area contributed by atoms with Crippen molar-refractivity contribution in [3.63, 3.8) is 0 Å². The molecular weight excluding hydrogens is 428 g/mol. The van der Waals surface area contributed by atoms with Crippen LogP contribution in [0.5, 0.6) is 11.5 Å². The lowest BCUT2D eigenvalue weighted by atomic mass is 9.87. The number of ether oxygens (including phenoxy) is 1. The van der Waals surface area contributed by atoms with E-state index in [9.17, 15) is 14.7 Å². The Morgan fingerprint density at radius 2 is 1.71 bits per heavy atom. The van der Waals surface area contributed by atoms with E-state index >= 15 is 0 Å². The number of benzene rings is 3. The molecule has 1 amide bonds. The Kier molecular flexibility index (Phi) is 6.32. The standard InChI is InChI=1S/C28H28N2O4/c31-27(29-17-21-10-6-7-15-30(21)18-19-8-2-1-3-9-19)20-13-14-25-23(16-20)26(28(32)33)22-11-4-5-12-24(22)34-25/h1-5,8-9,11-14,16,21,26H,6-7,10,15,17-18H2,(H,29,31)(H,32,33). The highest BCUT2D eigenvalue weighted by Gasteiger charge is 2.33. The highest BCUT2D eigenvalue weighted by Crippen LogP contribution is 2.44. The zero-order valence-corrected chi connectivity index (χ0v) is 18.9. The molecule has 6 nitrogen and oxygen atoms in total. The summed E-state index contributed by atoms with van der Waals surface area (Å²) in [4.78, 5) is 27.6. The molecule has 1 saturated heterocycles. The van der Waals surface area contributed by atoms with Gasteiger partial charge in [0.15, 0.2) is 0 Å². The van der Waals surface area contributed by atoms with Crippen LogP contribution < -0.4 is 10.1 Å². The summed E-state index contributed by atoms with van der Waals surface area (Å²) in [6, 6.07) is 22.9. The zero-order chi connectivity index (χ0) is 23.5. The summed E-state index contributed by atoms with van der Waals surface area (Å²) in [6.45, 7) is 2.45. The van der Waals surface area contributed by atoms with Crippen LogP contribution in [0.15, 0.2) is 72.8 Å². The third-order valence-corrected chi connectivity index (χ3v) is 6.76. The molecule has 1 fully saturated rings. The number of carbonyl (C=O) groups is 2. The maximum atomic E-state index is 13.0. The SMILES string of the molecule is O=C(NCC1CCCCN1Cc1ccccc1)c1ccc2c(c1)C(C(=O)O)c1ccccc1O2. The Hall–Kier alpha value is -3.64. The number of likely N-dealkylation sites (tertiary alicyclic amines) is 1. The van der Waals surface area contributed by atoms with Crippen molar-refractivity contribution in [2.45, 2.75) is 37.8 Å². The molecule has 3 aromatic rings. The Balaban J connectivity index is 1.30. The van der Waals surface area contributed by atoms with Crippen LogP contribution in [0.4, 0.5) is 0 Å². The second kappa shape index (κ2) is 9.69. The van der Waals surface area contributed by atoms with Crippen molar-refractivity contribution in [1.29, 1.82) is 0 Å². The number of amides is 1. The maximum absolute atomic E-state index is 13.0. The summed E-state index contributed by atoms with van der Waals surface area (Å²) in [5.74, 6) is -1.02. The van der Waals surface area contributed by atoms with Crippen LogP contribution in [-0.2, 0) is 11.3 Å². The van der Waals surface area contributed by atoms with E-state index in [-0.39, 0.29) is 11.9 Å². The molecule has 2 N–H and O–H groups in total. The van der Waals surface area contributed by atoms with Gasteiger partial charge in [0.25, 0.3) is 5.91 Å². The van der Waals surface area contributed by atoms with Crippen molar-refractivity contribution in [3.05, 3.63) is 95.1 Å². The molecule has 0 radical (unpaired) electrons. The molecule has 2 aliphatic heterocycles. The number of nitrogens with one attached hydrogen (secondary N) is 1. The van der Waals surface area contributed by atoms with Gasteiger partial charge in [-0.25, -0.2) is 0 Å². The average molecular weight is 457 g/mol. The number of fused-ring (bicyclic) bond motifs is 2. The molecule has 0 saturated carbocycles. The number of aliphatic carboxylic acids is 1. The van der Waals surface area contributed by atoms with Gasteiger partial charge in [0, 0.05) is 35.8 Å². The fourth-order valence-corrected chi connectivity index (χ4v) is 5.00.